The quantitative estimate of drug-likeness (QED) is 0.672. The first-order valence-electron chi connectivity index (χ1n) is 6.72. The summed E-state index contributed by atoms with van der Waals surface area (Å²) in [5.41, 5.74) is -0.166. The molecule has 2 fully saturated rings. The van der Waals surface area contributed by atoms with Gasteiger partial charge in [-0.1, -0.05) is 25.0 Å². The number of aliphatic hydroxyl groups is 1. The van der Waals surface area contributed by atoms with E-state index >= 15 is 0 Å². The van der Waals surface area contributed by atoms with E-state index in [2.05, 4.69) is 0 Å². The highest BCUT2D eigenvalue weighted by Gasteiger charge is 2.57. The highest BCUT2D eigenvalue weighted by molar-refractivity contribution is 5.46. The van der Waals surface area contributed by atoms with Crippen molar-refractivity contribution in [3.8, 4) is 5.75 Å². The van der Waals surface area contributed by atoms with Gasteiger partial charge in [-0.25, -0.2) is 0 Å². The highest BCUT2D eigenvalue weighted by atomic mass is 16.6. The van der Waals surface area contributed by atoms with Gasteiger partial charge in [-0.15, -0.1) is 0 Å². The monoisotopic (exact) mass is 263 g/mol. The van der Waals surface area contributed by atoms with Crippen LogP contribution in [0.25, 0.3) is 0 Å². The van der Waals surface area contributed by atoms with Gasteiger partial charge in [-0.3, -0.25) is 10.1 Å². The van der Waals surface area contributed by atoms with Crippen molar-refractivity contribution in [2.24, 2.45) is 5.41 Å². The molecule has 1 aromatic carbocycles. The minimum Gasteiger partial charge on any atom is -0.483 e. The summed E-state index contributed by atoms with van der Waals surface area (Å²) in [7, 11) is 0. The van der Waals surface area contributed by atoms with Crippen LogP contribution in [0.1, 0.15) is 32.1 Å². The van der Waals surface area contributed by atoms with E-state index in [0.29, 0.717) is 12.2 Å². The van der Waals surface area contributed by atoms with Crippen LogP contribution in [0.5, 0.6) is 5.75 Å². The maximum atomic E-state index is 11.0. The van der Waals surface area contributed by atoms with Gasteiger partial charge in [0.05, 0.1) is 11.0 Å². The lowest BCUT2D eigenvalue weighted by molar-refractivity contribution is -0.386. The molecule has 0 saturated heterocycles. The van der Waals surface area contributed by atoms with Crippen LogP contribution >= 0.6 is 0 Å². The van der Waals surface area contributed by atoms with Crippen molar-refractivity contribution in [1.29, 1.82) is 0 Å². The zero-order chi connectivity index (χ0) is 13.5. The van der Waals surface area contributed by atoms with Crippen molar-refractivity contribution < 1.29 is 14.8 Å². The molecule has 1 spiro atoms. The molecule has 2 saturated carbocycles. The Hall–Kier alpha value is -1.62. The van der Waals surface area contributed by atoms with Gasteiger partial charge in [0.25, 0.3) is 0 Å². The number of aliphatic hydroxyl groups excluding tert-OH is 1. The van der Waals surface area contributed by atoms with E-state index in [0.717, 1.165) is 25.7 Å². The van der Waals surface area contributed by atoms with Crippen molar-refractivity contribution in [1.82, 2.24) is 0 Å². The predicted molar refractivity (Wildman–Crippen MR) is 69.0 cm³/mol. The zero-order valence-corrected chi connectivity index (χ0v) is 10.6. The Morgan fingerprint density at radius 2 is 2.00 bits per heavy atom. The predicted octanol–water partition coefficient (Wildman–Crippen LogP) is 2.67. The van der Waals surface area contributed by atoms with Crippen LogP contribution in [0.4, 0.5) is 5.69 Å². The minimum atomic E-state index is -0.425. The number of hydrogen-bond acceptors (Lipinski definition) is 4. The average Bonchev–Trinajstić information content (AvgIpc) is 2.91. The first-order valence-corrected chi connectivity index (χ1v) is 6.72. The third-order valence-electron chi connectivity index (χ3n) is 4.61. The number of rotatable bonds is 3. The summed E-state index contributed by atoms with van der Waals surface area (Å²) in [6.07, 6.45) is 4.29. The molecule has 3 rings (SSSR count). The second-order valence-corrected chi connectivity index (χ2v) is 5.52. The van der Waals surface area contributed by atoms with Crippen LogP contribution in [0.15, 0.2) is 24.3 Å². The lowest BCUT2D eigenvalue weighted by atomic mass is 9.62. The Morgan fingerprint density at radius 1 is 1.32 bits per heavy atom. The molecule has 0 heterocycles. The van der Waals surface area contributed by atoms with Crippen molar-refractivity contribution in [2.45, 2.75) is 44.3 Å². The SMILES string of the molecule is O=[N+]([O-])c1ccccc1OC1CC(O)C12CCCC2. The van der Waals surface area contributed by atoms with Crippen LogP contribution in [0, 0.1) is 15.5 Å². The Morgan fingerprint density at radius 3 is 2.63 bits per heavy atom. The highest BCUT2D eigenvalue weighted by Crippen LogP contribution is 2.55. The largest absolute Gasteiger partial charge is 0.483 e. The first-order chi connectivity index (χ1) is 9.13. The molecule has 2 unspecified atom stereocenters. The Labute approximate surface area is 111 Å². The third-order valence-corrected chi connectivity index (χ3v) is 4.61. The molecule has 0 bridgehead atoms. The zero-order valence-electron chi connectivity index (χ0n) is 10.6. The number of benzene rings is 1. The topological polar surface area (TPSA) is 72.6 Å². The second-order valence-electron chi connectivity index (χ2n) is 5.52. The fraction of sp³-hybridized carbons (Fsp3) is 0.571. The molecule has 5 heteroatoms. The summed E-state index contributed by atoms with van der Waals surface area (Å²) < 4.78 is 5.85. The van der Waals surface area contributed by atoms with Gasteiger partial charge in [-0.05, 0) is 18.9 Å². The summed E-state index contributed by atoms with van der Waals surface area (Å²) in [6.45, 7) is 0. The lowest BCUT2D eigenvalue weighted by Gasteiger charge is -2.50. The molecule has 0 radical (unpaired) electrons. The maximum Gasteiger partial charge on any atom is 0.310 e. The van der Waals surface area contributed by atoms with Gasteiger partial charge in [0.1, 0.15) is 6.10 Å². The third kappa shape index (κ3) is 1.89. The van der Waals surface area contributed by atoms with Crippen molar-refractivity contribution in [3.63, 3.8) is 0 Å². The number of nitro benzene ring substituents is 1. The summed E-state index contributed by atoms with van der Waals surface area (Å²) in [6, 6.07) is 6.45. The fourth-order valence-electron chi connectivity index (χ4n) is 3.44. The fourth-order valence-corrected chi connectivity index (χ4v) is 3.44. The van der Waals surface area contributed by atoms with Crippen LogP contribution in [-0.4, -0.2) is 22.2 Å². The van der Waals surface area contributed by atoms with Crippen molar-refractivity contribution in [2.75, 3.05) is 0 Å². The molecule has 102 valence electrons. The Kier molecular flexibility index (Phi) is 2.93. The normalized spacial score (nSPS) is 28.1. The van der Waals surface area contributed by atoms with E-state index in [4.69, 9.17) is 4.74 Å². The van der Waals surface area contributed by atoms with E-state index in [1.165, 1.54) is 6.07 Å². The van der Waals surface area contributed by atoms with Gasteiger partial charge in [-0.2, -0.15) is 0 Å². The van der Waals surface area contributed by atoms with Gasteiger partial charge in [0.15, 0.2) is 5.75 Å². The van der Waals surface area contributed by atoms with Crippen LogP contribution in [-0.2, 0) is 0 Å². The molecule has 19 heavy (non-hydrogen) atoms. The van der Waals surface area contributed by atoms with Gasteiger partial charge in [0.2, 0.25) is 0 Å². The smallest absolute Gasteiger partial charge is 0.310 e. The number of ether oxygens (including phenoxy) is 1. The molecule has 1 aromatic rings. The van der Waals surface area contributed by atoms with Gasteiger partial charge >= 0.3 is 5.69 Å². The first kappa shape index (κ1) is 12.4. The molecule has 0 aromatic heterocycles. The van der Waals surface area contributed by atoms with Gasteiger partial charge < -0.3 is 9.84 Å². The molecule has 2 atom stereocenters. The summed E-state index contributed by atoms with van der Waals surface area (Å²) in [5, 5.41) is 21.0. The van der Waals surface area contributed by atoms with E-state index in [9.17, 15) is 15.2 Å². The number of para-hydroxylation sites is 2. The van der Waals surface area contributed by atoms with Gasteiger partial charge in [0, 0.05) is 17.9 Å². The van der Waals surface area contributed by atoms with Crippen LogP contribution in [0.2, 0.25) is 0 Å². The van der Waals surface area contributed by atoms with E-state index in [1.54, 1.807) is 18.2 Å². The summed E-state index contributed by atoms with van der Waals surface area (Å²) >= 11 is 0. The summed E-state index contributed by atoms with van der Waals surface area (Å²) in [5.74, 6) is 0.315. The molecule has 5 nitrogen and oxygen atoms in total. The molecular weight excluding hydrogens is 246 g/mol. The van der Waals surface area contributed by atoms with Crippen LogP contribution in [0.3, 0.4) is 0 Å². The molecular formula is C14H17NO4. The van der Waals surface area contributed by atoms with Crippen LogP contribution < -0.4 is 4.74 Å². The summed E-state index contributed by atoms with van der Waals surface area (Å²) in [4.78, 5) is 10.5. The van der Waals surface area contributed by atoms with E-state index < -0.39 is 4.92 Å². The number of nitro groups is 1. The molecule has 1 N–H and O–H groups in total. The molecule has 2 aliphatic rings. The standard InChI is InChI=1S/C14H17NO4/c16-12-9-13(14(12)7-3-4-8-14)19-11-6-2-1-5-10(11)15(17)18/h1-2,5-6,12-13,16H,3-4,7-9H2. The maximum absolute atomic E-state index is 11.0. The molecule has 2 aliphatic carbocycles. The lowest BCUT2D eigenvalue weighted by Crippen LogP contribution is -2.58. The molecule has 0 amide bonds. The van der Waals surface area contributed by atoms with Crippen molar-refractivity contribution >= 4 is 5.69 Å². The number of hydrogen-bond donors (Lipinski definition) is 1. The minimum absolute atomic E-state index is 0.00274. The second kappa shape index (κ2) is 4.49. The van der Waals surface area contributed by atoms with E-state index in [-0.39, 0.29) is 23.3 Å². The Balaban J connectivity index is 1.81. The molecule has 0 aliphatic heterocycles. The van der Waals surface area contributed by atoms with E-state index in [1.807, 2.05) is 0 Å². The number of nitrogens with zero attached hydrogens (tertiary/aromatic N) is 1. The van der Waals surface area contributed by atoms with Crippen molar-refractivity contribution in [3.05, 3.63) is 34.4 Å². The average molecular weight is 263 g/mol. The Bertz CT molecular complexity index is 496.